The van der Waals surface area contributed by atoms with Gasteiger partial charge in [0, 0.05) is 5.69 Å². The molecule has 5 nitrogen and oxygen atoms in total. The molecule has 0 aromatic heterocycles. The monoisotopic (exact) mass is 333 g/mol. The minimum absolute atomic E-state index is 0.0264. The van der Waals surface area contributed by atoms with Crippen LogP contribution in [0.1, 0.15) is 43.2 Å². The lowest BCUT2D eigenvalue weighted by molar-refractivity contribution is -0.162. The van der Waals surface area contributed by atoms with Gasteiger partial charge in [0.15, 0.2) is 0 Å². The van der Waals surface area contributed by atoms with Crippen molar-refractivity contribution in [2.75, 3.05) is 18.2 Å². The Labute approximate surface area is 135 Å². The van der Waals surface area contributed by atoms with Crippen LogP contribution in [0.15, 0.2) is 18.2 Å². The number of hydrogen-bond acceptors (Lipinski definition) is 4. The molecule has 0 saturated heterocycles. The van der Waals surface area contributed by atoms with Crippen molar-refractivity contribution in [3.8, 4) is 0 Å². The van der Waals surface area contributed by atoms with Crippen LogP contribution in [0.5, 0.6) is 0 Å². The molecule has 0 atom stereocenters. The van der Waals surface area contributed by atoms with Crippen molar-refractivity contribution in [2.24, 2.45) is 5.41 Å². The summed E-state index contributed by atoms with van der Waals surface area (Å²) >= 11 is 0. The highest BCUT2D eigenvalue weighted by Gasteiger charge is 2.70. The minimum atomic E-state index is -3.37. The fraction of sp³-hybridized carbons (Fsp3) is 0.588. The van der Waals surface area contributed by atoms with Gasteiger partial charge in [-0.05, 0) is 60.1 Å². The van der Waals surface area contributed by atoms with Crippen LogP contribution in [-0.4, -0.2) is 27.2 Å². The highest BCUT2D eigenvalue weighted by atomic mass is 32.2. The van der Waals surface area contributed by atoms with Crippen molar-refractivity contribution in [1.29, 1.82) is 0 Å². The predicted molar refractivity (Wildman–Crippen MR) is 84.7 cm³/mol. The SMILES string of the molecule is CS(=O)(=O)OCC12CC(c3cccc4c3C3(CC3)C(=O)N4)(C1)C2. The molecular formula is C17H19NO4S. The van der Waals surface area contributed by atoms with Gasteiger partial charge in [-0.15, -0.1) is 0 Å². The van der Waals surface area contributed by atoms with Gasteiger partial charge in [0.05, 0.1) is 18.3 Å². The standard InChI is InChI=1S/C17H19NO4S/c1-23(20,21)22-10-15-7-16(8-15,9-15)11-3-2-4-12-13(11)17(5-6-17)14(19)18-12/h2-4H,5-10H2,1H3,(H,18,19). The van der Waals surface area contributed by atoms with E-state index < -0.39 is 10.1 Å². The van der Waals surface area contributed by atoms with Gasteiger partial charge in [-0.2, -0.15) is 8.42 Å². The summed E-state index contributed by atoms with van der Waals surface area (Å²) in [5, 5.41) is 3.04. The van der Waals surface area contributed by atoms with Crippen LogP contribution in [0.25, 0.3) is 0 Å². The molecule has 23 heavy (non-hydrogen) atoms. The summed E-state index contributed by atoms with van der Waals surface area (Å²) in [6.45, 7) is 0.297. The van der Waals surface area contributed by atoms with E-state index in [-0.39, 0.29) is 22.2 Å². The lowest BCUT2D eigenvalue weighted by Gasteiger charge is -2.71. The molecule has 4 saturated carbocycles. The van der Waals surface area contributed by atoms with Gasteiger partial charge in [-0.25, -0.2) is 0 Å². The van der Waals surface area contributed by atoms with E-state index in [4.69, 9.17) is 4.18 Å². The number of carbonyl (C=O) groups excluding carboxylic acids is 1. The van der Waals surface area contributed by atoms with Crippen LogP contribution >= 0.6 is 0 Å². The molecule has 1 aromatic rings. The molecule has 1 amide bonds. The fourth-order valence-corrected chi connectivity index (χ4v) is 5.70. The molecule has 2 bridgehead atoms. The average molecular weight is 333 g/mol. The quantitative estimate of drug-likeness (QED) is 0.856. The molecule has 1 spiro atoms. The van der Waals surface area contributed by atoms with Crippen molar-refractivity contribution in [1.82, 2.24) is 0 Å². The van der Waals surface area contributed by atoms with Crippen molar-refractivity contribution in [3.05, 3.63) is 29.3 Å². The normalized spacial score (nSPS) is 35.3. The maximum atomic E-state index is 12.3. The minimum Gasteiger partial charge on any atom is -0.325 e. The zero-order valence-corrected chi connectivity index (χ0v) is 13.8. The molecule has 122 valence electrons. The molecule has 1 heterocycles. The Hall–Kier alpha value is -1.40. The largest absolute Gasteiger partial charge is 0.325 e. The van der Waals surface area contributed by atoms with Crippen LogP contribution in [0, 0.1) is 5.41 Å². The number of hydrogen-bond donors (Lipinski definition) is 1. The lowest BCUT2D eigenvalue weighted by atomic mass is 9.33. The summed E-state index contributed by atoms with van der Waals surface area (Å²) in [6.07, 6.45) is 5.90. The predicted octanol–water partition coefficient (Wildman–Crippen LogP) is 2.07. The molecule has 4 fully saturated rings. The summed E-state index contributed by atoms with van der Waals surface area (Å²) in [5.74, 6) is 0.154. The molecule has 6 rings (SSSR count). The second-order valence-electron chi connectivity index (χ2n) is 8.04. The third-order valence-corrected chi connectivity index (χ3v) is 6.81. The first kappa shape index (κ1) is 14.0. The van der Waals surface area contributed by atoms with Gasteiger partial charge in [0.2, 0.25) is 5.91 Å². The maximum absolute atomic E-state index is 12.3. The first-order valence-electron chi connectivity index (χ1n) is 8.08. The highest BCUT2D eigenvalue weighted by molar-refractivity contribution is 7.85. The van der Waals surface area contributed by atoms with Crippen LogP contribution in [0.2, 0.25) is 0 Å². The van der Waals surface area contributed by atoms with Gasteiger partial charge in [-0.3, -0.25) is 8.98 Å². The molecule has 1 aliphatic heterocycles. The Morgan fingerprint density at radius 3 is 2.52 bits per heavy atom. The summed E-state index contributed by atoms with van der Waals surface area (Å²) < 4.78 is 27.4. The van der Waals surface area contributed by atoms with Gasteiger partial charge >= 0.3 is 0 Å². The second kappa shape index (κ2) is 3.81. The smallest absolute Gasteiger partial charge is 0.264 e. The third-order valence-electron chi connectivity index (χ3n) is 6.27. The van der Waals surface area contributed by atoms with Crippen molar-refractivity contribution < 1.29 is 17.4 Å². The number of amides is 1. The first-order valence-corrected chi connectivity index (χ1v) is 9.89. The molecule has 1 N–H and O–H groups in total. The van der Waals surface area contributed by atoms with Crippen molar-refractivity contribution >= 4 is 21.7 Å². The van der Waals surface area contributed by atoms with E-state index in [9.17, 15) is 13.2 Å². The zero-order chi connectivity index (χ0) is 16.1. The Morgan fingerprint density at radius 1 is 1.22 bits per heavy atom. The first-order chi connectivity index (χ1) is 10.8. The van der Waals surface area contributed by atoms with E-state index in [0.29, 0.717) is 6.61 Å². The Balaban J connectivity index is 1.43. The van der Waals surface area contributed by atoms with Crippen LogP contribution < -0.4 is 5.32 Å². The Kier molecular flexibility index (Phi) is 2.31. The van der Waals surface area contributed by atoms with Gasteiger partial charge in [0.1, 0.15) is 0 Å². The number of nitrogens with one attached hydrogen (secondary N) is 1. The van der Waals surface area contributed by atoms with E-state index in [0.717, 1.165) is 44.0 Å². The molecular weight excluding hydrogens is 314 g/mol. The zero-order valence-electron chi connectivity index (χ0n) is 13.0. The number of benzene rings is 1. The fourth-order valence-electron chi connectivity index (χ4n) is 5.24. The third kappa shape index (κ3) is 1.71. The van der Waals surface area contributed by atoms with Crippen molar-refractivity contribution in [2.45, 2.75) is 42.9 Å². The van der Waals surface area contributed by atoms with Crippen LogP contribution in [-0.2, 0) is 29.9 Å². The van der Waals surface area contributed by atoms with E-state index >= 15 is 0 Å². The topological polar surface area (TPSA) is 72.5 Å². The number of carbonyl (C=O) groups is 1. The van der Waals surface area contributed by atoms with E-state index in [1.54, 1.807) is 0 Å². The lowest BCUT2D eigenvalue weighted by Crippen LogP contribution is -2.66. The van der Waals surface area contributed by atoms with Crippen LogP contribution in [0.3, 0.4) is 0 Å². The number of fused-ring (bicyclic) bond motifs is 2. The molecule has 5 aliphatic rings. The average Bonchev–Trinajstić information content (AvgIpc) is 3.10. The van der Waals surface area contributed by atoms with Crippen LogP contribution in [0.4, 0.5) is 5.69 Å². The molecule has 0 radical (unpaired) electrons. The molecule has 1 aromatic carbocycles. The van der Waals surface area contributed by atoms with E-state index in [2.05, 4.69) is 11.4 Å². The summed E-state index contributed by atoms with van der Waals surface area (Å²) in [7, 11) is -3.37. The maximum Gasteiger partial charge on any atom is 0.264 e. The van der Waals surface area contributed by atoms with E-state index in [1.807, 2.05) is 12.1 Å². The summed E-state index contributed by atoms with van der Waals surface area (Å²) in [6, 6.07) is 6.19. The number of rotatable bonds is 4. The Bertz CT molecular complexity index is 834. The van der Waals surface area contributed by atoms with E-state index in [1.165, 1.54) is 11.1 Å². The molecule has 6 heteroatoms. The molecule has 0 unspecified atom stereocenters. The number of anilines is 1. The second-order valence-corrected chi connectivity index (χ2v) is 9.69. The summed E-state index contributed by atoms with van der Waals surface area (Å²) in [5.41, 5.74) is 3.41. The highest BCUT2D eigenvalue weighted by Crippen LogP contribution is 2.75. The van der Waals surface area contributed by atoms with Gasteiger partial charge in [0.25, 0.3) is 10.1 Å². The van der Waals surface area contributed by atoms with Gasteiger partial charge < -0.3 is 5.32 Å². The Morgan fingerprint density at radius 2 is 1.91 bits per heavy atom. The van der Waals surface area contributed by atoms with Gasteiger partial charge in [-0.1, -0.05) is 12.1 Å². The molecule has 4 aliphatic carbocycles. The summed E-state index contributed by atoms with van der Waals surface area (Å²) in [4.78, 5) is 12.3. The van der Waals surface area contributed by atoms with Crippen molar-refractivity contribution in [3.63, 3.8) is 0 Å².